The van der Waals surface area contributed by atoms with Crippen LogP contribution in [-0.2, 0) is 6.42 Å². The number of hydrogen-bond donors (Lipinski definition) is 2. The van der Waals surface area contributed by atoms with Crippen LogP contribution in [0.2, 0.25) is 0 Å². The summed E-state index contributed by atoms with van der Waals surface area (Å²) in [6.45, 7) is 1.58. The lowest BCUT2D eigenvalue weighted by atomic mass is 10.2. The highest BCUT2D eigenvalue weighted by Crippen LogP contribution is 2.42. The van der Waals surface area contributed by atoms with E-state index in [2.05, 4.69) is 20.5 Å². The molecule has 5 nitrogen and oxygen atoms in total. The number of anilines is 1. The summed E-state index contributed by atoms with van der Waals surface area (Å²) in [7, 11) is 0. The van der Waals surface area contributed by atoms with Gasteiger partial charge in [-0.25, -0.2) is 4.98 Å². The molecule has 1 fully saturated rings. The molecule has 1 aliphatic carbocycles. The Balaban J connectivity index is 1.76. The lowest BCUT2D eigenvalue weighted by Gasteiger charge is -2.04. The van der Waals surface area contributed by atoms with E-state index in [1.165, 1.54) is 0 Å². The molecule has 2 aromatic heterocycles. The van der Waals surface area contributed by atoms with Crippen molar-refractivity contribution in [2.45, 2.75) is 38.3 Å². The van der Waals surface area contributed by atoms with E-state index in [9.17, 15) is 18.0 Å². The van der Waals surface area contributed by atoms with E-state index in [-0.39, 0.29) is 10.7 Å². The number of carbonyl (C=O) groups excluding carboxylic acids is 1. The molecule has 118 valence electrons. The molecule has 0 aromatic carbocycles. The topological polar surface area (TPSA) is 70.7 Å². The molecule has 1 aliphatic rings. The lowest BCUT2D eigenvalue weighted by molar-refractivity contribution is -0.127. The number of halogens is 3. The summed E-state index contributed by atoms with van der Waals surface area (Å²) in [6.07, 6.45) is -1.69. The van der Waals surface area contributed by atoms with Gasteiger partial charge in [-0.15, -0.1) is 11.3 Å². The molecule has 2 N–H and O–H groups in total. The van der Waals surface area contributed by atoms with Crippen LogP contribution in [0, 0.1) is 6.92 Å². The lowest BCUT2D eigenvalue weighted by Crippen LogP contribution is -2.16. The van der Waals surface area contributed by atoms with Gasteiger partial charge in [-0.2, -0.15) is 18.3 Å². The Morgan fingerprint density at radius 2 is 2.23 bits per heavy atom. The van der Waals surface area contributed by atoms with E-state index in [0.717, 1.165) is 29.7 Å². The van der Waals surface area contributed by atoms with E-state index in [0.29, 0.717) is 16.6 Å². The Morgan fingerprint density at radius 3 is 2.86 bits per heavy atom. The maximum Gasteiger partial charge on any atom is 0.395 e. The molecule has 1 saturated carbocycles. The highest BCUT2D eigenvalue weighted by molar-refractivity contribution is 7.11. The molecule has 2 aromatic rings. The fourth-order valence-corrected chi connectivity index (χ4v) is 3.14. The summed E-state index contributed by atoms with van der Waals surface area (Å²) in [5, 5.41) is 9.15. The average molecular weight is 330 g/mol. The van der Waals surface area contributed by atoms with Crippen molar-refractivity contribution >= 4 is 23.1 Å². The number of H-pyrrole nitrogens is 1. The number of thiazole rings is 1. The number of aryl methyl sites for hydroxylation is 1. The zero-order valence-electron chi connectivity index (χ0n) is 11.6. The van der Waals surface area contributed by atoms with E-state index in [1.54, 1.807) is 13.1 Å². The predicted molar refractivity (Wildman–Crippen MR) is 75.1 cm³/mol. The SMILES string of the molecule is Cc1sc(CC(F)(F)F)nc1C(=O)Nc1[nH]ncc1C1CC1. The normalized spacial score (nSPS) is 15.1. The fourth-order valence-electron chi connectivity index (χ4n) is 2.18. The Morgan fingerprint density at radius 1 is 1.50 bits per heavy atom. The summed E-state index contributed by atoms with van der Waals surface area (Å²) in [6, 6.07) is 0. The first-order valence-electron chi connectivity index (χ1n) is 6.71. The minimum Gasteiger partial charge on any atom is -0.305 e. The average Bonchev–Trinajstić information content (AvgIpc) is 3.03. The van der Waals surface area contributed by atoms with Crippen LogP contribution in [0.3, 0.4) is 0 Å². The first kappa shape index (κ1) is 15.0. The summed E-state index contributed by atoms with van der Waals surface area (Å²) in [4.78, 5) is 16.5. The number of amides is 1. The quantitative estimate of drug-likeness (QED) is 0.902. The minimum atomic E-state index is -4.33. The van der Waals surface area contributed by atoms with Gasteiger partial charge in [-0.3, -0.25) is 9.89 Å². The Kier molecular flexibility index (Phi) is 3.67. The monoisotopic (exact) mass is 330 g/mol. The third kappa shape index (κ3) is 3.29. The summed E-state index contributed by atoms with van der Waals surface area (Å²) < 4.78 is 37.2. The molecular formula is C13H13F3N4OS. The third-order valence-corrected chi connectivity index (χ3v) is 4.30. The number of nitrogens with zero attached hydrogens (tertiary/aromatic N) is 2. The third-order valence-electron chi connectivity index (χ3n) is 3.33. The van der Waals surface area contributed by atoms with Crippen LogP contribution in [0.25, 0.3) is 0 Å². The van der Waals surface area contributed by atoms with Crippen molar-refractivity contribution in [3.05, 3.63) is 27.3 Å². The summed E-state index contributed by atoms with van der Waals surface area (Å²) >= 11 is 0.887. The van der Waals surface area contributed by atoms with Gasteiger partial charge < -0.3 is 5.32 Å². The molecule has 1 amide bonds. The molecule has 0 spiro atoms. The molecule has 2 heterocycles. The number of aromatic nitrogens is 3. The van der Waals surface area contributed by atoms with Crippen LogP contribution >= 0.6 is 11.3 Å². The maximum atomic E-state index is 12.4. The van der Waals surface area contributed by atoms with Gasteiger partial charge in [0, 0.05) is 10.4 Å². The van der Waals surface area contributed by atoms with Crippen molar-refractivity contribution in [3.63, 3.8) is 0 Å². The number of nitrogens with one attached hydrogen (secondary N) is 2. The number of aromatic amines is 1. The van der Waals surface area contributed by atoms with Crippen molar-refractivity contribution in [1.29, 1.82) is 0 Å². The van der Waals surface area contributed by atoms with Gasteiger partial charge in [-0.1, -0.05) is 0 Å². The van der Waals surface area contributed by atoms with Gasteiger partial charge >= 0.3 is 6.18 Å². The van der Waals surface area contributed by atoms with Crippen LogP contribution in [0.15, 0.2) is 6.20 Å². The maximum absolute atomic E-state index is 12.4. The number of alkyl halides is 3. The van der Waals surface area contributed by atoms with Crippen LogP contribution in [0.4, 0.5) is 19.0 Å². The first-order valence-corrected chi connectivity index (χ1v) is 7.53. The zero-order valence-corrected chi connectivity index (χ0v) is 12.4. The van der Waals surface area contributed by atoms with Crippen LogP contribution in [-0.4, -0.2) is 27.3 Å². The standard InChI is InChI=1S/C13H13F3N4OS/c1-6-10(18-9(22-6)4-13(14,15)16)12(21)19-11-8(5-17-20-11)7-2-3-7/h5,7H,2-4H2,1H3,(H2,17,19,20,21). The second-order valence-corrected chi connectivity index (χ2v) is 6.52. The number of rotatable bonds is 4. The van der Waals surface area contributed by atoms with Crippen molar-refractivity contribution in [3.8, 4) is 0 Å². The molecule has 0 unspecified atom stereocenters. The van der Waals surface area contributed by atoms with Crippen LogP contribution in [0.1, 0.15) is 44.7 Å². The smallest absolute Gasteiger partial charge is 0.305 e. The predicted octanol–water partition coefficient (Wildman–Crippen LogP) is 3.41. The van der Waals surface area contributed by atoms with E-state index in [1.807, 2.05) is 0 Å². The second kappa shape index (κ2) is 5.38. The van der Waals surface area contributed by atoms with Crippen molar-refractivity contribution in [2.75, 3.05) is 5.32 Å². The molecule has 22 heavy (non-hydrogen) atoms. The fraction of sp³-hybridized carbons (Fsp3) is 0.462. The zero-order chi connectivity index (χ0) is 15.9. The van der Waals surface area contributed by atoms with E-state index < -0.39 is 18.5 Å². The Hall–Kier alpha value is -1.90. The molecule has 0 aliphatic heterocycles. The van der Waals surface area contributed by atoms with E-state index in [4.69, 9.17) is 0 Å². The first-order chi connectivity index (χ1) is 10.3. The minimum absolute atomic E-state index is 0.0283. The summed E-state index contributed by atoms with van der Waals surface area (Å²) in [5.41, 5.74) is 0.956. The van der Waals surface area contributed by atoms with Crippen LogP contribution in [0.5, 0.6) is 0 Å². The number of hydrogen-bond acceptors (Lipinski definition) is 4. The Bertz CT molecular complexity index is 702. The van der Waals surface area contributed by atoms with Crippen molar-refractivity contribution in [2.24, 2.45) is 0 Å². The van der Waals surface area contributed by atoms with Gasteiger partial charge in [-0.05, 0) is 25.7 Å². The molecule has 0 radical (unpaired) electrons. The molecule has 0 atom stereocenters. The van der Waals surface area contributed by atoms with Gasteiger partial charge in [0.2, 0.25) is 0 Å². The molecule has 9 heteroatoms. The van der Waals surface area contributed by atoms with Crippen molar-refractivity contribution < 1.29 is 18.0 Å². The summed E-state index contributed by atoms with van der Waals surface area (Å²) in [5.74, 6) is 0.372. The van der Waals surface area contributed by atoms with Gasteiger partial charge in [0.25, 0.3) is 5.91 Å². The van der Waals surface area contributed by atoms with Crippen molar-refractivity contribution in [1.82, 2.24) is 15.2 Å². The number of carbonyl (C=O) groups is 1. The molecule has 0 saturated heterocycles. The molecule has 0 bridgehead atoms. The van der Waals surface area contributed by atoms with Gasteiger partial charge in [0.05, 0.1) is 12.6 Å². The van der Waals surface area contributed by atoms with E-state index >= 15 is 0 Å². The molecular weight excluding hydrogens is 317 g/mol. The highest BCUT2D eigenvalue weighted by atomic mass is 32.1. The van der Waals surface area contributed by atoms with Crippen LogP contribution < -0.4 is 5.32 Å². The molecule has 3 rings (SSSR count). The van der Waals surface area contributed by atoms with Gasteiger partial charge in [0.15, 0.2) is 0 Å². The highest BCUT2D eigenvalue weighted by Gasteiger charge is 2.31. The largest absolute Gasteiger partial charge is 0.395 e. The van der Waals surface area contributed by atoms with Gasteiger partial charge in [0.1, 0.15) is 16.5 Å². The Labute approximate surface area is 128 Å². The second-order valence-electron chi connectivity index (χ2n) is 5.23.